The second-order valence-corrected chi connectivity index (χ2v) is 5.98. The fourth-order valence-electron chi connectivity index (χ4n) is 1.53. The summed E-state index contributed by atoms with van der Waals surface area (Å²) in [5, 5.41) is 2.80. The zero-order valence-electron chi connectivity index (χ0n) is 9.39. The Morgan fingerprint density at radius 1 is 1.11 bits per heavy atom. The standard InChI is InChI=1S/C12H8Cl2F3NS/c13-7-1-3-10(9(5-7)12(15,16)17)18-6-8-2-4-11(14)19-8/h1-5,18H,6H2. The van der Waals surface area contributed by atoms with Crippen LogP contribution >= 0.6 is 34.5 Å². The van der Waals surface area contributed by atoms with Gasteiger partial charge in [-0.25, -0.2) is 0 Å². The maximum absolute atomic E-state index is 12.8. The summed E-state index contributed by atoms with van der Waals surface area (Å²) in [7, 11) is 0. The van der Waals surface area contributed by atoms with Crippen LogP contribution in [0.5, 0.6) is 0 Å². The predicted octanol–water partition coefficient (Wildman–Crippen LogP) is 5.69. The van der Waals surface area contributed by atoms with Crippen molar-refractivity contribution in [2.24, 2.45) is 0 Å². The van der Waals surface area contributed by atoms with Crippen molar-refractivity contribution in [3.8, 4) is 0 Å². The Morgan fingerprint density at radius 2 is 1.84 bits per heavy atom. The van der Waals surface area contributed by atoms with Gasteiger partial charge in [0.1, 0.15) is 0 Å². The fraction of sp³-hybridized carbons (Fsp3) is 0.167. The summed E-state index contributed by atoms with van der Waals surface area (Å²) >= 11 is 12.7. The first-order valence-electron chi connectivity index (χ1n) is 5.21. The molecule has 0 radical (unpaired) electrons. The van der Waals surface area contributed by atoms with Crippen LogP contribution in [0.1, 0.15) is 10.4 Å². The van der Waals surface area contributed by atoms with E-state index in [0.29, 0.717) is 4.34 Å². The normalized spacial score (nSPS) is 11.6. The number of hydrogen-bond acceptors (Lipinski definition) is 2. The molecule has 2 rings (SSSR count). The third-order valence-electron chi connectivity index (χ3n) is 2.37. The van der Waals surface area contributed by atoms with Crippen molar-refractivity contribution in [2.45, 2.75) is 12.7 Å². The Bertz CT molecular complexity index is 581. The summed E-state index contributed by atoms with van der Waals surface area (Å²) in [6.45, 7) is 0.280. The molecule has 0 aliphatic carbocycles. The molecule has 1 aromatic heterocycles. The number of anilines is 1. The monoisotopic (exact) mass is 325 g/mol. The van der Waals surface area contributed by atoms with Gasteiger partial charge in [-0.05, 0) is 30.3 Å². The van der Waals surface area contributed by atoms with E-state index in [0.717, 1.165) is 10.9 Å². The van der Waals surface area contributed by atoms with Gasteiger partial charge in [0.25, 0.3) is 0 Å². The molecule has 1 N–H and O–H groups in total. The molecule has 7 heteroatoms. The highest BCUT2D eigenvalue weighted by Crippen LogP contribution is 2.36. The quantitative estimate of drug-likeness (QED) is 0.764. The van der Waals surface area contributed by atoms with Crippen molar-refractivity contribution >= 4 is 40.2 Å². The molecule has 0 unspecified atom stereocenters. The molecule has 2 aromatic rings. The van der Waals surface area contributed by atoms with Crippen molar-refractivity contribution in [2.75, 3.05) is 5.32 Å². The minimum atomic E-state index is -4.44. The van der Waals surface area contributed by atoms with Crippen LogP contribution in [0.15, 0.2) is 30.3 Å². The van der Waals surface area contributed by atoms with Crippen molar-refractivity contribution in [3.63, 3.8) is 0 Å². The first-order chi connectivity index (χ1) is 8.86. The molecule has 0 aliphatic heterocycles. The predicted molar refractivity (Wildman–Crippen MR) is 73.1 cm³/mol. The topological polar surface area (TPSA) is 12.0 Å². The number of halogens is 5. The highest BCUT2D eigenvalue weighted by molar-refractivity contribution is 7.16. The number of benzene rings is 1. The summed E-state index contributed by atoms with van der Waals surface area (Å²) in [5.74, 6) is 0. The second-order valence-electron chi connectivity index (χ2n) is 3.75. The highest BCUT2D eigenvalue weighted by atomic mass is 35.5. The van der Waals surface area contributed by atoms with E-state index in [9.17, 15) is 13.2 Å². The van der Waals surface area contributed by atoms with Crippen molar-refractivity contribution in [1.29, 1.82) is 0 Å². The van der Waals surface area contributed by atoms with Crippen LogP contribution < -0.4 is 5.32 Å². The van der Waals surface area contributed by atoms with Crippen LogP contribution in [-0.2, 0) is 12.7 Å². The number of alkyl halides is 3. The number of rotatable bonds is 3. The lowest BCUT2D eigenvalue weighted by atomic mass is 10.1. The lowest BCUT2D eigenvalue weighted by Crippen LogP contribution is -2.10. The van der Waals surface area contributed by atoms with Crippen molar-refractivity contribution < 1.29 is 13.2 Å². The number of nitrogens with one attached hydrogen (secondary N) is 1. The van der Waals surface area contributed by atoms with Crippen LogP contribution in [0.2, 0.25) is 9.36 Å². The average molecular weight is 326 g/mol. The molecule has 102 valence electrons. The lowest BCUT2D eigenvalue weighted by molar-refractivity contribution is -0.136. The van der Waals surface area contributed by atoms with Gasteiger partial charge < -0.3 is 5.32 Å². The van der Waals surface area contributed by atoms with Gasteiger partial charge in [-0.1, -0.05) is 23.2 Å². The van der Waals surface area contributed by atoms with Crippen LogP contribution in [0.25, 0.3) is 0 Å². The maximum atomic E-state index is 12.8. The maximum Gasteiger partial charge on any atom is 0.418 e. The lowest BCUT2D eigenvalue weighted by Gasteiger charge is -2.14. The van der Waals surface area contributed by atoms with E-state index in [1.54, 1.807) is 12.1 Å². The minimum Gasteiger partial charge on any atom is -0.380 e. The summed E-state index contributed by atoms with van der Waals surface area (Å²) in [6, 6.07) is 7.12. The number of hydrogen-bond donors (Lipinski definition) is 1. The Hall–Kier alpha value is -0.910. The Labute approximate surface area is 122 Å². The van der Waals surface area contributed by atoms with E-state index >= 15 is 0 Å². The first kappa shape index (κ1) is 14.5. The SMILES string of the molecule is FC(F)(F)c1cc(Cl)ccc1NCc1ccc(Cl)s1. The van der Waals surface area contributed by atoms with E-state index in [4.69, 9.17) is 23.2 Å². The molecule has 0 amide bonds. The van der Waals surface area contributed by atoms with Gasteiger partial charge in [-0.15, -0.1) is 11.3 Å². The first-order valence-corrected chi connectivity index (χ1v) is 6.78. The van der Waals surface area contributed by atoms with E-state index in [1.807, 2.05) is 0 Å². The molecular formula is C12H8Cl2F3NS. The van der Waals surface area contributed by atoms with Gasteiger partial charge in [-0.2, -0.15) is 13.2 Å². The highest BCUT2D eigenvalue weighted by Gasteiger charge is 2.33. The molecule has 0 saturated carbocycles. The summed E-state index contributed by atoms with van der Waals surface area (Å²) in [6.07, 6.45) is -4.44. The van der Waals surface area contributed by atoms with Crippen LogP contribution in [0.3, 0.4) is 0 Å². The summed E-state index contributed by atoms with van der Waals surface area (Å²) < 4.78 is 39.1. The minimum absolute atomic E-state index is 0.00132. The van der Waals surface area contributed by atoms with Gasteiger partial charge >= 0.3 is 6.18 Å². The average Bonchev–Trinajstić information content (AvgIpc) is 2.72. The Balaban J connectivity index is 2.20. The molecular weight excluding hydrogens is 318 g/mol. The van der Waals surface area contributed by atoms with Gasteiger partial charge in [-0.3, -0.25) is 0 Å². The molecule has 0 saturated heterocycles. The summed E-state index contributed by atoms with van der Waals surface area (Å²) in [5.41, 5.74) is -0.774. The van der Waals surface area contributed by atoms with E-state index in [1.165, 1.54) is 23.5 Å². The molecule has 0 spiro atoms. The molecule has 19 heavy (non-hydrogen) atoms. The Morgan fingerprint density at radius 3 is 2.42 bits per heavy atom. The third-order valence-corrected chi connectivity index (χ3v) is 3.84. The summed E-state index contributed by atoms with van der Waals surface area (Å²) in [4.78, 5) is 0.855. The van der Waals surface area contributed by atoms with E-state index in [-0.39, 0.29) is 17.3 Å². The third kappa shape index (κ3) is 3.78. The largest absolute Gasteiger partial charge is 0.418 e. The van der Waals surface area contributed by atoms with Crippen LogP contribution in [0.4, 0.5) is 18.9 Å². The van der Waals surface area contributed by atoms with Crippen LogP contribution in [-0.4, -0.2) is 0 Å². The molecule has 1 heterocycles. The fourth-order valence-corrected chi connectivity index (χ4v) is 2.73. The van der Waals surface area contributed by atoms with Gasteiger partial charge in [0.05, 0.1) is 9.90 Å². The van der Waals surface area contributed by atoms with Gasteiger partial charge in [0.2, 0.25) is 0 Å². The van der Waals surface area contributed by atoms with Crippen LogP contribution in [0, 0.1) is 0 Å². The molecule has 1 nitrogen and oxygen atoms in total. The van der Waals surface area contributed by atoms with Gasteiger partial charge in [0.15, 0.2) is 0 Å². The zero-order chi connectivity index (χ0) is 14.0. The zero-order valence-corrected chi connectivity index (χ0v) is 11.7. The molecule has 0 aliphatic rings. The van der Waals surface area contributed by atoms with Gasteiger partial charge in [0, 0.05) is 22.1 Å². The van der Waals surface area contributed by atoms with Crippen molar-refractivity contribution in [1.82, 2.24) is 0 Å². The molecule has 0 fully saturated rings. The Kier molecular flexibility index (Phi) is 4.28. The second kappa shape index (κ2) is 5.61. The van der Waals surface area contributed by atoms with E-state index in [2.05, 4.69) is 5.32 Å². The van der Waals surface area contributed by atoms with Crippen molar-refractivity contribution in [3.05, 3.63) is 50.1 Å². The van der Waals surface area contributed by atoms with E-state index < -0.39 is 11.7 Å². The molecule has 0 atom stereocenters. The molecule has 1 aromatic carbocycles. The molecule has 0 bridgehead atoms. The smallest absolute Gasteiger partial charge is 0.380 e. The number of thiophene rings is 1.